The van der Waals surface area contributed by atoms with E-state index in [0.29, 0.717) is 18.2 Å². The summed E-state index contributed by atoms with van der Waals surface area (Å²) < 4.78 is 22.5. The number of nitro benzene ring substituents is 1. The Labute approximate surface area is 122 Å². The number of anilines is 1. The van der Waals surface area contributed by atoms with E-state index in [4.69, 9.17) is 5.14 Å². The molecule has 1 saturated heterocycles. The van der Waals surface area contributed by atoms with Crippen molar-refractivity contribution in [2.24, 2.45) is 11.1 Å². The molecule has 1 aliphatic rings. The molecule has 0 amide bonds. The second-order valence-electron chi connectivity index (χ2n) is 5.07. The smallest absolute Gasteiger partial charge is 0.293 e. The highest BCUT2D eigenvalue weighted by Crippen LogP contribution is 2.27. The predicted octanol–water partition coefficient (Wildman–Crippen LogP) is 0.654. The third kappa shape index (κ3) is 4.13. The van der Waals surface area contributed by atoms with Crippen molar-refractivity contribution in [1.29, 1.82) is 0 Å². The largest absolute Gasteiger partial charge is 0.379 e. The molecule has 0 aromatic heterocycles. The first-order chi connectivity index (χ1) is 9.88. The summed E-state index contributed by atoms with van der Waals surface area (Å²) in [6, 6.07) is 3.63. The minimum Gasteiger partial charge on any atom is -0.379 e. The standard InChI is InChI=1S/C12H18N4O4S/c13-21(19,20)10-3-4-11(12(6-10)16(17)18)15-8-9-2-1-5-14-7-9/h3-4,6,9,14-15H,1-2,5,7-8H2,(H2,13,19,20). The minimum atomic E-state index is -3.95. The Morgan fingerprint density at radius 2 is 2.24 bits per heavy atom. The maximum absolute atomic E-state index is 11.3. The number of hydrogen-bond acceptors (Lipinski definition) is 6. The van der Waals surface area contributed by atoms with Gasteiger partial charge >= 0.3 is 0 Å². The van der Waals surface area contributed by atoms with Crippen LogP contribution in [-0.4, -0.2) is 33.0 Å². The van der Waals surface area contributed by atoms with Crippen LogP contribution in [0.25, 0.3) is 0 Å². The van der Waals surface area contributed by atoms with Crippen molar-refractivity contribution in [2.75, 3.05) is 25.0 Å². The molecule has 1 aromatic rings. The summed E-state index contributed by atoms with van der Waals surface area (Å²) in [6.07, 6.45) is 2.14. The lowest BCUT2D eigenvalue weighted by molar-refractivity contribution is -0.384. The lowest BCUT2D eigenvalue weighted by Gasteiger charge is -2.23. The number of nitrogens with one attached hydrogen (secondary N) is 2. The summed E-state index contributed by atoms with van der Waals surface area (Å²) in [5, 5.41) is 22.4. The molecule has 1 atom stereocenters. The zero-order valence-electron chi connectivity index (χ0n) is 11.4. The van der Waals surface area contributed by atoms with Crippen LogP contribution in [0.15, 0.2) is 23.1 Å². The van der Waals surface area contributed by atoms with E-state index < -0.39 is 14.9 Å². The first-order valence-electron chi connectivity index (χ1n) is 6.64. The Hall–Kier alpha value is -1.71. The van der Waals surface area contributed by atoms with Crippen LogP contribution >= 0.6 is 0 Å². The number of primary sulfonamides is 1. The fourth-order valence-corrected chi connectivity index (χ4v) is 2.88. The molecule has 21 heavy (non-hydrogen) atoms. The Bertz CT molecular complexity index is 626. The van der Waals surface area contributed by atoms with Crippen LogP contribution in [0.4, 0.5) is 11.4 Å². The average Bonchev–Trinajstić information content (AvgIpc) is 2.45. The molecule has 1 fully saturated rings. The van der Waals surface area contributed by atoms with E-state index >= 15 is 0 Å². The fourth-order valence-electron chi connectivity index (χ4n) is 2.34. The molecule has 116 valence electrons. The van der Waals surface area contributed by atoms with Crippen LogP contribution in [0.3, 0.4) is 0 Å². The van der Waals surface area contributed by atoms with Crippen LogP contribution in [0.1, 0.15) is 12.8 Å². The summed E-state index contributed by atoms with van der Waals surface area (Å²) in [6.45, 7) is 2.47. The van der Waals surface area contributed by atoms with Crippen LogP contribution in [0.5, 0.6) is 0 Å². The van der Waals surface area contributed by atoms with Crippen LogP contribution < -0.4 is 15.8 Å². The SMILES string of the molecule is NS(=O)(=O)c1ccc(NCC2CCCNC2)c([N+](=O)[O-])c1. The van der Waals surface area contributed by atoms with E-state index in [1.54, 1.807) is 0 Å². The quantitative estimate of drug-likeness (QED) is 0.541. The van der Waals surface area contributed by atoms with Gasteiger partial charge in [0.15, 0.2) is 0 Å². The zero-order valence-corrected chi connectivity index (χ0v) is 12.2. The van der Waals surface area contributed by atoms with Gasteiger partial charge in [0, 0.05) is 12.6 Å². The van der Waals surface area contributed by atoms with Gasteiger partial charge in [-0.25, -0.2) is 13.6 Å². The molecule has 0 aliphatic carbocycles. The molecule has 0 bridgehead atoms. The third-order valence-electron chi connectivity index (χ3n) is 3.47. The van der Waals surface area contributed by atoms with Crippen molar-refractivity contribution >= 4 is 21.4 Å². The van der Waals surface area contributed by atoms with E-state index in [1.807, 2.05) is 0 Å². The number of nitrogens with two attached hydrogens (primary N) is 1. The average molecular weight is 314 g/mol. The molecule has 0 radical (unpaired) electrons. The van der Waals surface area contributed by atoms with E-state index in [-0.39, 0.29) is 10.6 Å². The highest BCUT2D eigenvalue weighted by Gasteiger charge is 2.20. The number of rotatable bonds is 5. The number of piperidine rings is 1. The summed E-state index contributed by atoms with van der Waals surface area (Å²) in [5.41, 5.74) is 0.0169. The third-order valence-corrected chi connectivity index (χ3v) is 4.39. The molecular weight excluding hydrogens is 296 g/mol. The van der Waals surface area contributed by atoms with E-state index in [0.717, 1.165) is 32.0 Å². The number of nitrogens with zero attached hydrogens (tertiary/aromatic N) is 1. The Morgan fingerprint density at radius 1 is 1.48 bits per heavy atom. The van der Waals surface area contributed by atoms with Gasteiger partial charge in [-0.3, -0.25) is 10.1 Å². The normalized spacial score (nSPS) is 19.2. The van der Waals surface area contributed by atoms with Gasteiger partial charge in [0.2, 0.25) is 10.0 Å². The number of benzene rings is 1. The van der Waals surface area contributed by atoms with Crippen molar-refractivity contribution in [3.8, 4) is 0 Å². The lowest BCUT2D eigenvalue weighted by atomic mass is 10.00. The van der Waals surface area contributed by atoms with E-state index in [1.165, 1.54) is 12.1 Å². The molecule has 1 heterocycles. The van der Waals surface area contributed by atoms with Gasteiger partial charge in [-0.05, 0) is 44.0 Å². The van der Waals surface area contributed by atoms with Crippen LogP contribution in [-0.2, 0) is 10.0 Å². The highest BCUT2D eigenvalue weighted by molar-refractivity contribution is 7.89. The van der Waals surface area contributed by atoms with Gasteiger partial charge in [0.25, 0.3) is 5.69 Å². The molecule has 8 nitrogen and oxygen atoms in total. The topological polar surface area (TPSA) is 127 Å². The van der Waals surface area contributed by atoms with Gasteiger partial charge in [0.1, 0.15) is 5.69 Å². The fraction of sp³-hybridized carbons (Fsp3) is 0.500. The number of hydrogen-bond donors (Lipinski definition) is 3. The molecule has 1 unspecified atom stereocenters. The van der Waals surface area contributed by atoms with Gasteiger partial charge in [-0.1, -0.05) is 0 Å². The van der Waals surface area contributed by atoms with Crippen molar-refractivity contribution in [1.82, 2.24) is 5.32 Å². The maximum Gasteiger partial charge on any atom is 0.293 e. The summed E-state index contributed by atoms with van der Waals surface area (Å²) in [5.74, 6) is 0.399. The zero-order chi connectivity index (χ0) is 15.5. The van der Waals surface area contributed by atoms with Crippen molar-refractivity contribution < 1.29 is 13.3 Å². The maximum atomic E-state index is 11.3. The van der Waals surface area contributed by atoms with Crippen molar-refractivity contribution in [2.45, 2.75) is 17.7 Å². The highest BCUT2D eigenvalue weighted by atomic mass is 32.2. The molecule has 9 heteroatoms. The first kappa shape index (κ1) is 15.7. The molecule has 1 aromatic carbocycles. The molecule has 0 spiro atoms. The number of nitro groups is 1. The minimum absolute atomic E-state index is 0.265. The van der Waals surface area contributed by atoms with Gasteiger partial charge < -0.3 is 10.6 Å². The number of sulfonamides is 1. The van der Waals surface area contributed by atoms with Crippen molar-refractivity contribution in [3.63, 3.8) is 0 Å². The molecule has 1 aliphatic heterocycles. The van der Waals surface area contributed by atoms with Gasteiger partial charge in [-0.15, -0.1) is 0 Å². The molecule has 0 saturated carbocycles. The molecule has 2 rings (SSSR count). The Balaban J connectivity index is 2.16. The molecular formula is C12H18N4O4S. The second-order valence-corrected chi connectivity index (χ2v) is 6.64. The molecule has 4 N–H and O–H groups in total. The summed E-state index contributed by atoms with van der Waals surface area (Å²) >= 11 is 0. The Morgan fingerprint density at radius 3 is 2.81 bits per heavy atom. The Kier molecular flexibility index (Phi) is 4.76. The van der Waals surface area contributed by atoms with E-state index in [9.17, 15) is 18.5 Å². The first-order valence-corrected chi connectivity index (χ1v) is 8.18. The summed E-state index contributed by atoms with van der Waals surface area (Å²) in [7, 11) is -3.95. The van der Waals surface area contributed by atoms with E-state index in [2.05, 4.69) is 10.6 Å². The van der Waals surface area contributed by atoms with Gasteiger partial charge in [0.05, 0.1) is 9.82 Å². The van der Waals surface area contributed by atoms with Gasteiger partial charge in [-0.2, -0.15) is 0 Å². The van der Waals surface area contributed by atoms with Crippen LogP contribution in [0, 0.1) is 16.0 Å². The van der Waals surface area contributed by atoms with Crippen molar-refractivity contribution in [3.05, 3.63) is 28.3 Å². The monoisotopic (exact) mass is 314 g/mol. The lowest BCUT2D eigenvalue weighted by Crippen LogP contribution is -2.33. The second kappa shape index (κ2) is 6.37. The summed E-state index contributed by atoms with van der Waals surface area (Å²) in [4.78, 5) is 10.2. The predicted molar refractivity (Wildman–Crippen MR) is 78.6 cm³/mol. The van der Waals surface area contributed by atoms with Crippen LogP contribution in [0.2, 0.25) is 0 Å².